The lowest BCUT2D eigenvalue weighted by Gasteiger charge is -2.20. The number of aliphatic hydroxyl groups excluding tert-OH is 1. The topological polar surface area (TPSA) is 63.6 Å². The zero-order valence-corrected chi connectivity index (χ0v) is 10.5. The summed E-state index contributed by atoms with van der Waals surface area (Å²) in [5.74, 6) is 1.14. The van der Waals surface area contributed by atoms with Crippen molar-refractivity contribution >= 4 is 23.5 Å². The molecule has 0 aliphatic rings. The monoisotopic (exact) mass is 248 g/mol. The number of carbonyl (C=O) groups excluding carboxylic acids is 2. The van der Waals surface area contributed by atoms with Crippen LogP contribution in [-0.4, -0.2) is 34.6 Å². The van der Waals surface area contributed by atoms with Gasteiger partial charge < -0.3 is 9.84 Å². The third-order valence-corrected chi connectivity index (χ3v) is 1.93. The van der Waals surface area contributed by atoms with Gasteiger partial charge in [-0.05, 0) is 20.8 Å². The molecule has 1 N–H and O–H groups in total. The Kier molecular flexibility index (Phi) is 6.34. The number of carbonyl (C=O) groups is 1. The molecule has 0 bridgehead atoms. The summed E-state index contributed by atoms with van der Waals surface area (Å²) in [6.07, 6.45) is -1.06. The molecule has 0 aromatic heterocycles. The minimum Gasteiger partial charge on any atom is -0.460 e. The first-order valence-electron chi connectivity index (χ1n) is 4.97. The minimum absolute atomic E-state index is 0.00881. The maximum atomic E-state index is 11.3. The fourth-order valence-corrected chi connectivity index (χ4v) is 1.22. The number of rotatable bonds is 5. The number of ether oxygens (including phenoxy) is 1. The molecule has 0 radical (unpaired) electrons. The summed E-state index contributed by atoms with van der Waals surface area (Å²) in [5, 5.41) is 9.49. The van der Waals surface area contributed by atoms with Crippen molar-refractivity contribution in [3.8, 4) is 0 Å². The SMILES string of the molecule is CC(C)(C)OC(=O)CC(O)CC(=C=O)CCl. The maximum Gasteiger partial charge on any atom is 0.308 e. The second-order valence-electron chi connectivity index (χ2n) is 4.49. The van der Waals surface area contributed by atoms with Gasteiger partial charge in [-0.25, -0.2) is 4.79 Å². The van der Waals surface area contributed by atoms with Crippen LogP contribution in [0, 0.1) is 0 Å². The Hall–Kier alpha value is -0.830. The zero-order valence-electron chi connectivity index (χ0n) is 9.75. The van der Waals surface area contributed by atoms with E-state index in [1.54, 1.807) is 26.7 Å². The first-order chi connectivity index (χ1) is 7.28. The highest BCUT2D eigenvalue weighted by Gasteiger charge is 2.19. The predicted octanol–water partition coefficient (Wildman–Crippen LogP) is 1.47. The molecule has 0 aliphatic carbocycles. The van der Waals surface area contributed by atoms with Crippen LogP contribution in [0.25, 0.3) is 0 Å². The highest BCUT2D eigenvalue weighted by Crippen LogP contribution is 2.12. The Morgan fingerprint density at radius 2 is 2.00 bits per heavy atom. The summed E-state index contributed by atoms with van der Waals surface area (Å²) in [6.45, 7) is 5.23. The summed E-state index contributed by atoms with van der Waals surface area (Å²) < 4.78 is 5.02. The summed E-state index contributed by atoms with van der Waals surface area (Å²) in [6, 6.07) is 0. The van der Waals surface area contributed by atoms with Crippen LogP contribution in [-0.2, 0) is 14.3 Å². The Balaban J connectivity index is 4.10. The average molecular weight is 249 g/mol. The van der Waals surface area contributed by atoms with Gasteiger partial charge in [-0.2, -0.15) is 0 Å². The zero-order chi connectivity index (χ0) is 12.8. The second kappa shape index (κ2) is 6.69. The number of halogens is 1. The minimum atomic E-state index is -0.954. The fourth-order valence-electron chi connectivity index (χ4n) is 1.06. The van der Waals surface area contributed by atoms with Gasteiger partial charge in [0.15, 0.2) is 0 Å². The van der Waals surface area contributed by atoms with Gasteiger partial charge in [0, 0.05) is 12.0 Å². The first kappa shape index (κ1) is 15.2. The van der Waals surface area contributed by atoms with Crippen molar-refractivity contribution in [2.75, 3.05) is 5.88 Å². The van der Waals surface area contributed by atoms with E-state index < -0.39 is 17.7 Å². The number of hydrogen-bond donors (Lipinski definition) is 1. The van der Waals surface area contributed by atoms with Crippen LogP contribution in [0.15, 0.2) is 5.57 Å². The first-order valence-corrected chi connectivity index (χ1v) is 5.50. The Labute approximate surface area is 100 Å². The molecule has 0 aliphatic heterocycles. The summed E-state index contributed by atoms with van der Waals surface area (Å²) >= 11 is 5.43. The van der Waals surface area contributed by atoms with Gasteiger partial charge in [0.05, 0.1) is 18.4 Å². The number of esters is 1. The molecule has 0 fully saturated rings. The third kappa shape index (κ3) is 7.46. The lowest BCUT2D eigenvalue weighted by atomic mass is 10.1. The van der Waals surface area contributed by atoms with Crippen LogP contribution in [0.5, 0.6) is 0 Å². The van der Waals surface area contributed by atoms with Crippen molar-refractivity contribution in [3.05, 3.63) is 5.57 Å². The quantitative estimate of drug-likeness (QED) is 0.455. The molecule has 0 aromatic rings. The predicted molar refractivity (Wildman–Crippen MR) is 61.0 cm³/mol. The van der Waals surface area contributed by atoms with E-state index in [4.69, 9.17) is 16.3 Å². The standard InChI is InChI=1S/C11H17ClO4/c1-11(2,3)16-10(15)5-9(14)4-8(6-12)7-13/h9,14H,4-6H2,1-3H3. The van der Waals surface area contributed by atoms with Crippen LogP contribution < -0.4 is 0 Å². The summed E-state index contributed by atoms with van der Waals surface area (Å²) in [4.78, 5) is 21.6. The molecule has 92 valence electrons. The molecule has 1 unspecified atom stereocenters. The molecule has 0 rings (SSSR count). The molecular formula is C11H17ClO4. The Bertz CT molecular complexity index is 287. The summed E-state index contributed by atoms with van der Waals surface area (Å²) in [5.41, 5.74) is -0.329. The molecule has 0 amide bonds. The van der Waals surface area contributed by atoms with Crippen LogP contribution in [0.3, 0.4) is 0 Å². The normalized spacial score (nSPS) is 12.8. The lowest BCUT2D eigenvalue weighted by Crippen LogP contribution is -2.26. The smallest absolute Gasteiger partial charge is 0.308 e. The van der Waals surface area contributed by atoms with E-state index in [9.17, 15) is 14.7 Å². The third-order valence-electron chi connectivity index (χ3n) is 1.61. The summed E-state index contributed by atoms with van der Waals surface area (Å²) in [7, 11) is 0. The second-order valence-corrected chi connectivity index (χ2v) is 4.76. The van der Waals surface area contributed by atoms with Crippen molar-refractivity contribution in [2.45, 2.75) is 45.3 Å². The van der Waals surface area contributed by atoms with E-state index in [1.165, 1.54) is 0 Å². The van der Waals surface area contributed by atoms with Crippen molar-refractivity contribution in [1.82, 2.24) is 0 Å². The molecule has 16 heavy (non-hydrogen) atoms. The molecule has 0 saturated carbocycles. The van der Waals surface area contributed by atoms with Gasteiger partial charge in [-0.15, -0.1) is 11.6 Å². The van der Waals surface area contributed by atoms with Crippen LogP contribution in [0.2, 0.25) is 0 Å². The van der Waals surface area contributed by atoms with E-state index in [-0.39, 0.29) is 24.3 Å². The van der Waals surface area contributed by atoms with E-state index in [0.29, 0.717) is 0 Å². The van der Waals surface area contributed by atoms with E-state index in [2.05, 4.69) is 0 Å². The van der Waals surface area contributed by atoms with Gasteiger partial charge in [-0.3, -0.25) is 4.79 Å². The van der Waals surface area contributed by atoms with Crippen LogP contribution in [0.1, 0.15) is 33.6 Å². The van der Waals surface area contributed by atoms with Crippen molar-refractivity contribution in [2.24, 2.45) is 0 Å². The van der Waals surface area contributed by atoms with Gasteiger partial charge in [0.25, 0.3) is 0 Å². The Morgan fingerprint density at radius 1 is 1.44 bits per heavy atom. The molecule has 0 heterocycles. The van der Waals surface area contributed by atoms with Gasteiger partial charge in [0.2, 0.25) is 0 Å². The molecule has 0 saturated heterocycles. The van der Waals surface area contributed by atoms with Gasteiger partial charge >= 0.3 is 5.97 Å². The van der Waals surface area contributed by atoms with Crippen molar-refractivity contribution < 1.29 is 19.4 Å². The van der Waals surface area contributed by atoms with Gasteiger partial charge in [-0.1, -0.05) is 0 Å². The van der Waals surface area contributed by atoms with Crippen LogP contribution >= 0.6 is 11.6 Å². The lowest BCUT2D eigenvalue weighted by molar-refractivity contribution is -0.157. The highest BCUT2D eigenvalue weighted by molar-refractivity contribution is 6.20. The number of alkyl halides is 1. The number of aliphatic hydroxyl groups is 1. The van der Waals surface area contributed by atoms with Crippen LogP contribution in [0.4, 0.5) is 0 Å². The average Bonchev–Trinajstić information content (AvgIpc) is 2.10. The molecule has 0 spiro atoms. The molecule has 0 aromatic carbocycles. The van der Waals surface area contributed by atoms with E-state index >= 15 is 0 Å². The Morgan fingerprint density at radius 3 is 2.38 bits per heavy atom. The van der Waals surface area contributed by atoms with Crippen molar-refractivity contribution in [1.29, 1.82) is 0 Å². The van der Waals surface area contributed by atoms with Crippen molar-refractivity contribution in [3.63, 3.8) is 0 Å². The largest absolute Gasteiger partial charge is 0.460 e. The molecule has 5 heteroatoms. The van der Waals surface area contributed by atoms with E-state index in [1.807, 2.05) is 0 Å². The molecular weight excluding hydrogens is 232 g/mol. The van der Waals surface area contributed by atoms with Gasteiger partial charge in [0.1, 0.15) is 11.5 Å². The maximum absolute atomic E-state index is 11.3. The van der Waals surface area contributed by atoms with E-state index in [0.717, 1.165) is 0 Å². The molecule has 4 nitrogen and oxygen atoms in total. The fraction of sp³-hybridized carbons (Fsp3) is 0.727. The molecule has 1 atom stereocenters. The highest BCUT2D eigenvalue weighted by atomic mass is 35.5. The number of hydrogen-bond acceptors (Lipinski definition) is 4.